The fourth-order valence-electron chi connectivity index (χ4n) is 3.24. The summed E-state index contributed by atoms with van der Waals surface area (Å²) in [7, 11) is -4.54. The van der Waals surface area contributed by atoms with E-state index in [1.54, 1.807) is 12.1 Å². The Bertz CT molecular complexity index is 1310. The molecule has 3 N–H and O–H groups in total. The number of rotatable bonds is 8. The molecule has 0 spiro atoms. The van der Waals surface area contributed by atoms with Crippen LogP contribution in [0.25, 0.3) is 11.1 Å². The Morgan fingerprint density at radius 3 is 2.43 bits per heavy atom. The van der Waals surface area contributed by atoms with Gasteiger partial charge in [0.05, 0.1) is 16.3 Å². The first kappa shape index (κ1) is 26.1. The second-order valence-corrected chi connectivity index (χ2v) is 9.29. The summed E-state index contributed by atoms with van der Waals surface area (Å²) < 4.78 is 77.8. The third-order valence-corrected chi connectivity index (χ3v) is 6.20. The highest BCUT2D eigenvalue weighted by Gasteiger charge is 2.30. The lowest BCUT2D eigenvalue weighted by Crippen LogP contribution is -2.33. The first-order valence-corrected chi connectivity index (χ1v) is 11.9. The molecule has 0 bridgehead atoms. The van der Waals surface area contributed by atoms with Gasteiger partial charge in [0.2, 0.25) is 16.0 Å². The molecular weight excluding hydrogens is 488 g/mol. The molecule has 0 aliphatic heterocycles. The number of halogens is 4. The molecule has 0 radical (unpaired) electrons. The summed E-state index contributed by atoms with van der Waals surface area (Å²) in [6, 6.07) is 12.7. The number of nitrogens with one attached hydrogen (secondary N) is 3. The van der Waals surface area contributed by atoms with E-state index >= 15 is 0 Å². The van der Waals surface area contributed by atoms with Crippen LogP contribution in [0, 0.1) is 5.95 Å². The smallest absolute Gasteiger partial charge is 0.307 e. The third-order valence-electron chi connectivity index (χ3n) is 4.80. The van der Waals surface area contributed by atoms with Gasteiger partial charge in [0.1, 0.15) is 6.54 Å². The first-order chi connectivity index (χ1) is 16.5. The van der Waals surface area contributed by atoms with Crippen LogP contribution in [0.2, 0.25) is 0 Å². The summed E-state index contributed by atoms with van der Waals surface area (Å²) in [4.78, 5) is 15.5. The highest BCUT2D eigenvalue weighted by Crippen LogP contribution is 2.32. The number of hydrogen-bond donors (Lipinski definition) is 3. The molecule has 0 atom stereocenters. The monoisotopic (exact) mass is 510 g/mol. The highest BCUT2D eigenvalue weighted by molar-refractivity contribution is 7.89. The average Bonchev–Trinajstić information content (AvgIpc) is 2.79. The van der Waals surface area contributed by atoms with Crippen molar-refractivity contribution < 1.29 is 30.8 Å². The number of pyridine rings is 1. The van der Waals surface area contributed by atoms with E-state index in [1.165, 1.54) is 29.1 Å². The van der Waals surface area contributed by atoms with Crippen LogP contribution >= 0.6 is 0 Å². The van der Waals surface area contributed by atoms with Gasteiger partial charge in [-0.15, -0.1) is 0 Å². The molecule has 1 aromatic heterocycles. The van der Waals surface area contributed by atoms with E-state index in [1.807, 2.05) is 19.1 Å². The molecule has 186 valence electrons. The molecule has 2 amide bonds. The van der Waals surface area contributed by atoms with E-state index in [2.05, 4.69) is 15.6 Å². The molecular formula is C23H22F4N4O3S. The molecule has 0 saturated carbocycles. The van der Waals surface area contributed by atoms with Crippen molar-refractivity contribution in [3.63, 3.8) is 0 Å². The van der Waals surface area contributed by atoms with E-state index in [4.69, 9.17) is 0 Å². The number of benzene rings is 2. The summed E-state index contributed by atoms with van der Waals surface area (Å²) in [6.45, 7) is 0.259. The van der Waals surface area contributed by atoms with Crippen molar-refractivity contribution in [2.75, 3.05) is 17.2 Å². The van der Waals surface area contributed by atoms with E-state index in [0.717, 1.165) is 30.5 Å². The molecule has 3 rings (SSSR count). The number of aryl methyl sites for hydroxylation is 1. The summed E-state index contributed by atoms with van der Waals surface area (Å²) in [5, 5.41) is 4.73. The average molecular weight is 511 g/mol. The van der Waals surface area contributed by atoms with Gasteiger partial charge in [-0.1, -0.05) is 43.7 Å². The van der Waals surface area contributed by atoms with Crippen LogP contribution in [-0.2, 0) is 16.4 Å². The van der Waals surface area contributed by atoms with Crippen molar-refractivity contribution in [1.29, 1.82) is 0 Å². The number of amides is 2. The zero-order valence-corrected chi connectivity index (χ0v) is 19.3. The molecule has 0 aliphatic carbocycles. The van der Waals surface area contributed by atoms with Gasteiger partial charge in [-0.05, 0) is 41.8 Å². The zero-order chi connectivity index (χ0) is 25.6. The van der Waals surface area contributed by atoms with Crippen LogP contribution in [0.4, 0.5) is 33.7 Å². The molecule has 0 unspecified atom stereocenters. The van der Waals surface area contributed by atoms with Crippen molar-refractivity contribution in [3.05, 3.63) is 72.3 Å². The van der Waals surface area contributed by atoms with Crippen molar-refractivity contribution >= 4 is 27.4 Å². The Morgan fingerprint density at radius 2 is 1.74 bits per heavy atom. The van der Waals surface area contributed by atoms with Crippen molar-refractivity contribution in [3.8, 4) is 11.1 Å². The molecule has 12 heteroatoms. The molecule has 7 nitrogen and oxygen atoms in total. The standard InChI is InChI=1S/C23H22F4N4O3S/c1-2-5-15-6-3-7-16(12-15)18-10-9-17(35(33,34)29-14-23(25,26)27)13-20(18)31-22(32)30-19-8-4-11-28-21(19)24/h3-4,6-13,29H,2,5,14H2,1H3,(H2,30,31,32). The van der Waals surface area contributed by atoms with E-state index in [0.29, 0.717) is 11.1 Å². The van der Waals surface area contributed by atoms with Gasteiger partial charge in [-0.25, -0.2) is 22.9 Å². The van der Waals surface area contributed by atoms with E-state index < -0.39 is 39.6 Å². The van der Waals surface area contributed by atoms with Gasteiger partial charge in [0, 0.05) is 11.8 Å². The van der Waals surface area contributed by atoms with Gasteiger partial charge < -0.3 is 10.6 Å². The lowest BCUT2D eigenvalue weighted by molar-refractivity contribution is -0.121. The Hall–Kier alpha value is -3.51. The van der Waals surface area contributed by atoms with Crippen LogP contribution in [0.15, 0.2) is 65.7 Å². The second-order valence-electron chi connectivity index (χ2n) is 7.52. The lowest BCUT2D eigenvalue weighted by atomic mass is 9.99. The highest BCUT2D eigenvalue weighted by atomic mass is 32.2. The molecule has 2 aromatic carbocycles. The third kappa shape index (κ3) is 7.23. The number of urea groups is 1. The number of carbonyl (C=O) groups excluding carboxylic acids is 1. The SMILES string of the molecule is CCCc1cccc(-c2ccc(S(=O)(=O)NCC(F)(F)F)cc2NC(=O)Nc2cccnc2F)c1. The summed E-state index contributed by atoms with van der Waals surface area (Å²) in [5.74, 6) is -0.928. The minimum atomic E-state index is -4.75. The van der Waals surface area contributed by atoms with Gasteiger partial charge in [0.25, 0.3) is 0 Å². The quantitative estimate of drug-likeness (QED) is 0.282. The number of anilines is 2. The fourth-order valence-corrected chi connectivity index (χ4v) is 4.28. The van der Waals surface area contributed by atoms with Crippen LogP contribution in [-0.4, -0.2) is 32.2 Å². The predicted octanol–water partition coefficient (Wildman–Crippen LogP) is 5.32. The Labute approximate surface area is 199 Å². The van der Waals surface area contributed by atoms with Gasteiger partial charge in [-0.2, -0.15) is 17.6 Å². The number of hydrogen-bond acceptors (Lipinski definition) is 4. The summed E-state index contributed by atoms with van der Waals surface area (Å²) in [5.41, 5.74) is 1.84. The molecule has 3 aromatic rings. The Balaban J connectivity index is 1.99. The maximum absolute atomic E-state index is 13.8. The second kappa shape index (κ2) is 10.8. The Morgan fingerprint density at radius 1 is 1.00 bits per heavy atom. The van der Waals surface area contributed by atoms with Crippen LogP contribution < -0.4 is 15.4 Å². The number of sulfonamides is 1. The minimum Gasteiger partial charge on any atom is -0.307 e. The minimum absolute atomic E-state index is 0.00432. The van der Waals surface area contributed by atoms with Crippen molar-refractivity contribution in [1.82, 2.24) is 9.71 Å². The van der Waals surface area contributed by atoms with E-state index in [9.17, 15) is 30.8 Å². The van der Waals surface area contributed by atoms with Crippen molar-refractivity contribution in [2.24, 2.45) is 0 Å². The molecule has 0 aliphatic rings. The van der Waals surface area contributed by atoms with Crippen LogP contribution in [0.1, 0.15) is 18.9 Å². The number of carbonyl (C=O) groups is 1. The summed E-state index contributed by atoms with van der Waals surface area (Å²) in [6.07, 6.45) is -1.88. The van der Waals surface area contributed by atoms with Crippen LogP contribution in [0.5, 0.6) is 0 Å². The topological polar surface area (TPSA) is 100 Å². The number of nitrogens with zero attached hydrogens (tertiary/aromatic N) is 1. The predicted molar refractivity (Wildman–Crippen MR) is 124 cm³/mol. The van der Waals surface area contributed by atoms with Gasteiger partial charge >= 0.3 is 12.2 Å². The summed E-state index contributed by atoms with van der Waals surface area (Å²) >= 11 is 0. The fraction of sp³-hybridized carbons (Fsp3) is 0.217. The molecule has 1 heterocycles. The normalized spacial score (nSPS) is 11.8. The number of aromatic nitrogens is 1. The maximum atomic E-state index is 13.8. The first-order valence-electron chi connectivity index (χ1n) is 10.5. The van der Waals surface area contributed by atoms with Crippen molar-refractivity contribution in [2.45, 2.75) is 30.8 Å². The van der Waals surface area contributed by atoms with Gasteiger partial charge in [-0.3, -0.25) is 0 Å². The molecule has 35 heavy (non-hydrogen) atoms. The van der Waals surface area contributed by atoms with E-state index in [-0.39, 0.29) is 11.4 Å². The number of alkyl halides is 3. The molecule has 0 saturated heterocycles. The lowest BCUT2D eigenvalue weighted by Gasteiger charge is -2.16. The largest absolute Gasteiger partial charge is 0.402 e. The Kier molecular flexibility index (Phi) is 8.07. The van der Waals surface area contributed by atoms with Gasteiger partial charge in [0.15, 0.2) is 0 Å². The maximum Gasteiger partial charge on any atom is 0.402 e. The van der Waals surface area contributed by atoms with Crippen LogP contribution in [0.3, 0.4) is 0 Å². The zero-order valence-electron chi connectivity index (χ0n) is 18.5. The molecule has 0 fully saturated rings.